The molecule has 0 aliphatic carbocycles. The summed E-state index contributed by atoms with van der Waals surface area (Å²) in [6.45, 7) is 1.30. The molecule has 0 unspecified atom stereocenters. The Morgan fingerprint density at radius 1 is 1.57 bits per heavy atom. The van der Waals surface area contributed by atoms with E-state index in [1.165, 1.54) is 0 Å². The standard InChI is InChI=1S/C14H19N5O2/c1-19-7-6-15-13(19)12-10(3-2-8-21-12)9-16-14(20)11-4-5-17-18-11/h4-7,10,12H,2-3,8-9H2,1H3,(H,16,20)(H,17,18)/t10-,12+/m0/s1. The van der Waals surface area contributed by atoms with E-state index in [9.17, 15) is 4.79 Å². The third-order valence-corrected chi connectivity index (χ3v) is 3.83. The highest BCUT2D eigenvalue weighted by molar-refractivity contribution is 5.92. The van der Waals surface area contributed by atoms with Gasteiger partial charge in [0.1, 0.15) is 17.6 Å². The maximum atomic E-state index is 12.0. The average molecular weight is 289 g/mol. The van der Waals surface area contributed by atoms with Crippen LogP contribution in [-0.2, 0) is 11.8 Å². The van der Waals surface area contributed by atoms with Crippen molar-refractivity contribution in [2.24, 2.45) is 13.0 Å². The van der Waals surface area contributed by atoms with Gasteiger partial charge in [-0.3, -0.25) is 9.89 Å². The molecule has 1 amide bonds. The fourth-order valence-electron chi connectivity index (χ4n) is 2.69. The summed E-state index contributed by atoms with van der Waals surface area (Å²) in [6.07, 6.45) is 7.20. The highest BCUT2D eigenvalue weighted by atomic mass is 16.5. The van der Waals surface area contributed by atoms with Crippen LogP contribution in [0.15, 0.2) is 24.7 Å². The fourth-order valence-corrected chi connectivity index (χ4v) is 2.69. The highest BCUT2D eigenvalue weighted by Crippen LogP contribution is 2.32. The first-order chi connectivity index (χ1) is 10.3. The Morgan fingerprint density at radius 3 is 3.19 bits per heavy atom. The number of ether oxygens (including phenoxy) is 1. The molecule has 0 radical (unpaired) electrons. The summed E-state index contributed by atoms with van der Waals surface area (Å²) < 4.78 is 7.86. The molecule has 0 bridgehead atoms. The summed E-state index contributed by atoms with van der Waals surface area (Å²) >= 11 is 0. The smallest absolute Gasteiger partial charge is 0.269 e. The van der Waals surface area contributed by atoms with Crippen LogP contribution in [-0.4, -0.2) is 38.8 Å². The molecule has 2 aromatic heterocycles. The SMILES string of the molecule is Cn1ccnc1[C@@H]1OCCC[C@H]1CNC(=O)c1ccn[nH]1. The second-order valence-corrected chi connectivity index (χ2v) is 5.27. The maximum Gasteiger partial charge on any atom is 0.269 e. The number of amides is 1. The first-order valence-corrected chi connectivity index (χ1v) is 7.12. The van der Waals surface area contributed by atoms with Crippen molar-refractivity contribution in [3.63, 3.8) is 0 Å². The van der Waals surface area contributed by atoms with Crippen molar-refractivity contribution >= 4 is 5.91 Å². The molecule has 2 atom stereocenters. The number of H-pyrrole nitrogens is 1. The molecule has 3 heterocycles. The molecule has 1 aliphatic heterocycles. The molecule has 7 nitrogen and oxygen atoms in total. The van der Waals surface area contributed by atoms with Crippen LogP contribution < -0.4 is 5.32 Å². The number of imidazole rings is 1. The van der Waals surface area contributed by atoms with E-state index in [0.717, 1.165) is 25.3 Å². The van der Waals surface area contributed by atoms with Gasteiger partial charge in [-0.1, -0.05) is 0 Å². The second kappa shape index (κ2) is 6.09. The lowest BCUT2D eigenvalue weighted by Gasteiger charge is -2.31. The van der Waals surface area contributed by atoms with E-state index < -0.39 is 0 Å². The van der Waals surface area contributed by atoms with Gasteiger partial charge in [0.2, 0.25) is 0 Å². The van der Waals surface area contributed by atoms with Gasteiger partial charge in [0.05, 0.1) is 0 Å². The Hall–Kier alpha value is -2.15. The lowest BCUT2D eigenvalue weighted by atomic mass is 9.93. The van der Waals surface area contributed by atoms with E-state index in [4.69, 9.17) is 4.74 Å². The lowest BCUT2D eigenvalue weighted by molar-refractivity contribution is -0.0337. The van der Waals surface area contributed by atoms with E-state index in [-0.39, 0.29) is 17.9 Å². The van der Waals surface area contributed by atoms with Crippen molar-refractivity contribution in [1.82, 2.24) is 25.1 Å². The predicted molar refractivity (Wildman–Crippen MR) is 75.5 cm³/mol. The van der Waals surface area contributed by atoms with E-state index in [1.54, 1.807) is 18.5 Å². The Labute approximate surface area is 122 Å². The predicted octanol–water partition coefficient (Wildman–Crippen LogP) is 1.04. The number of aromatic nitrogens is 4. The second-order valence-electron chi connectivity index (χ2n) is 5.27. The van der Waals surface area contributed by atoms with E-state index in [2.05, 4.69) is 20.5 Å². The molecule has 1 fully saturated rings. The number of carbonyl (C=O) groups is 1. The topological polar surface area (TPSA) is 84.8 Å². The largest absolute Gasteiger partial charge is 0.370 e. The van der Waals surface area contributed by atoms with Crippen molar-refractivity contribution in [3.8, 4) is 0 Å². The minimum absolute atomic E-state index is 0.0687. The van der Waals surface area contributed by atoms with Gasteiger partial charge in [-0.05, 0) is 18.9 Å². The van der Waals surface area contributed by atoms with Crippen LogP contribution in [0.2, 0.25) is 0 Å². The normalized spacial score (nSPS) is 22.1. The van der Waals surface area contributed by atoms with Gasteiger partial charge in [-0.2, -0.15) is 5.10 Å². The van der Waals surface area contributed by atoms with Crippen LogP contribution in [0.1, 0.15) is 35.3 Å². The fraction of sp³-hybridized carbons (Fsp3) is 0.500. The minimum Gasteiger partial charge on any atom is -0.370 e. The van der Waals surface area contributed by atoms with Gasteiger partial charge in [0.25, 0.3) is 5.91 Å². The van der Waals surface area contributed by atoms with Crippen LogP contribution in [0.3, 0.4) is 0 Å². The zero-order chi connectivity index (χ0) is 14.7. The van der Waals surface area contributed by atoms with E-state index in [1.807, 2.05) is 17.8 Å². The van der Waals surface area contributed by atoms with Crippen molar-refractivity contribution in [1.29, 1.82) is 0 Å². The summed E-state index contributed by atoms with van der Waals surface area (Å²) in [6, 6.07) is 1.66. The number of nitrogens with zero attached hydrogens (tertiary/aromatic N) is 3. The number of hydrogen-bond acceptors (Lipinski definition) is 4. The number of aryl methyl sites for hydroxylation is 1. The number of aromatic amines is 1. The van der Waals surface area contributed by atoms with E-state index >= 15 is 0 Å². The Kier molecular flexibility index (Phi) is 4.01. The number of nitrogens with one attached hydrogen (secondary N) is 2. The molecule has 7 heteroatoms. The third kappa shape index (κ3) is 2.97. The van der Waals surface area contributed by atoms with E-state index in [0.29, 0.717) is 12.2 Å². The van der Waals surface area contributed by atoms with Crippen LogP contribution in [0.25, 0.3) is 0 Å². The number of carbonyl (C=O) groups excluding carboxylic acids is 1. The summed E-state index contributed by atoms with van der Waals surface area (Å²) in [5.74, 6) is 0.999. The quantitative estimate of drug-likeness (QED) is 0.880. The molecule has 21 heavy (non-hydrogen) atoms. The first-order valence-electron chi connectivity index (χ1n) is 7.12. The molecule has 112 valence electrons. The Balaban J connectivity index is 1.65. The maximum absolute atomic E-state index is 12.0. The van der Waals surface area contributed by atoms with Gasteiger partial charge < -0.3 is 14.6 Å². The molecule has 3 rings (SSSR count). The van der Waals surface area contributed by atoms with Gasteiger partial charge >= 0.3 is 0 Å². The Morgan fingerprint density at radius 2 is 2.48 bits per heavy atom. The summed E-state index contributed by atoms with van der Waals surface area (Å²) in [4.78, 5) is 16.3. The van der Waals surface area contributed by atoms with Crippen LogP contribution >= 0.6 is 0 Å². The first kappa shape index (κ1) is 13.8. The monoisotopic (exact) mass is 289 g/mol. The average Bonchev–Trinajstić information content (AvgIpc) is 3.16. The van der Waals surface area contributed by atoms with Crippen molar-refractivity contribution in [3.05, 3.63) is 36.2 Å². The van der Waals surface area contributed by atoms with Crippen molar-refractivity contribution in [2.45, 2.75) is 18.9 Å². The molecule has 0 aromatic carbocycles. The van der Waals surface area contributed by atoms with Crippen LogP contribution in [0.4, 0.5) is 0 Å². The molecule has 0 saturated carbocycles. The van der Waals surface area contributed by atoms with Crippen LogP contribution in [0, 0.1) is 5.92 Å². The molecule has 1 saturated heterocycles. The zero-order valence-corrected chi connectivity index (χ0v) is 12.0. The van der Waals surface area contributed by atoms with Crippen molar-refractivity contribution in [2.75, 3.05) is 13.2 Å². The van der Waals surface area contributed by atoms with Crippen LogP contribution in [0.5, 0.6) is 0 Å². The zero-order valence-electron chi connectivity index (χ0n) is 12.0. The molecule has 2 N–H and O–H groups in total. The molecule has 0 spiro atoms. The Bertz CT molecular complexity index is 592. The molecule has 1 aliphatic rings. The summed E-state index contributed by atoms with van der Waals surface area (Å²) in [7, 11) is 1.96. The molecular weight excluding hydrogens is 270 g/mol. The summed E-state index contributed by atoms with van der Waals surface area (Å²) in [5, 5.41) is 9.38. The van der Waals surface area contributed by atoms with Crippen molar-refractivity contribution < 1.29 is 9.53 Å². The molecule has 2 aromatic rings. The lowest BCUT2D eigenvalue weighted by Crippen LogP contribution is -2.36. The number of hydrogen-bond donors (Lipinski definition) is 2. The molecular formula is C14H19N5O2. The van der Waals surface area contributed by atoms with Gasteiger partial charge in [-0.25, -0.2) is 4.98 Å². The highest BCUT2D eigenvalue weighted by Gasteiger charge is 2.30. The minimum atomic E-state index is -0.142. The third-order valence-electron chi connectivity index (χ3n) is 3.83. The summed E-state index contributed by atoms with van der Waals surface area (Å²) in [5.41, 5.74) is 0.472. The number of rotatable bonds is 4. The van der Waals surface area contributed by atoms with Gasteiger partial charge in [-0.15, -0.1) is 0 Å². The van der Waals surface area contributed by atoms with Gasteiger partial charge in [0.15, 0.2) is 0 Å². The van der Waals surface area contributed by atoms with Gasteiger partial charge in [0, 0.05) is 44.7 Å².